The lowest BCUT2D eigenvalue weighted by atomic mass is 10.0. The Hall–Kier alpha value is -1.61. The smallest absolute Gasteiger partial charge is 0.0649 e. The van der Waals surface area contributed by atoms with Gasteiger partial charge in [0.05, 0.1) is 11.4 Å². The van der Waals surface area contributed by atoms with Crippen molar-refractivity contribution in [3.05, 3.63) is 47.3 Å². The molecule has 0 aliphatic heterocycles. The molecule has 1 N–H and O–H groups in total. The van der Waals surface area contributed by atoms with Gasteiger partial charge in [-0.1, -0.05) is 39.8 Å². The predicted octanol–water partition coefficient (Wildman–Crippen LogP) is 4.06. The van der Waals surface area contributed by atoms with Crippen molar-refractivity contribution in [1.29, 1.82) is 0 Å². The Labute approximate surface area is 128 Å². The highest BCUT2D eigenvalue weighted by atomic mass is 15.3. The summed E-state index contributed by atoms with van der Waals surface area (Å²) in [4.78, 5) is 0. The maximum atomic E-state index is 4.70. The lowest BCUT2D eigenvalue weighted by molar-refractivity contribution is 0.537. The minimum absolute atomic E-state index is 0.443. The number of rotatable bonds is 7. The van der Waals surface area contributed by atoms with Crippen LogP contribution in [0.3, 0.4) is 0 Å². The van der Waals surface area contributed by atoms with Crippen LogP contribution in [-0.2, 0) is 12.8 Å². The van der Waals surface area contributed by atoms with Gasteiger partial charge >= 0.3 is 0 Å². The quantitative estimate of drug-likeness (QED) is 0.831. The predicted molar refractivity (Wildman–Crippen MR) is 89.0 cm³/mol. The van der Waals surface area contributed by atoms with E-state index >= 15 is 0 Å². The van der Waals surface area contributed by atoms with Crippen molar-refractivity contribution >= 4 is 0 Å². The molecule has 1 aromatic carbocycles. The Morgan fingerprint density at radius 2 is 1.76 bits per heavy atom. The van der Waals surface area contributed by atoms with Crippen LogP contribution in [0.15, 0.2) is 30.3 Å². The van der Waals surface area contributed by atoms with Crippen LogP contribution in [0.25, 0.3) is 5.69 Å². The third-order valence-corrected chi connectivity index (χ3v) is 3.96. The van der Waals surface area contributed by atoms with Gasteiger partial charge in [0.25, 0.3) is 0 Å². The maximum Gasteiger partial charge on any atom is 0.0649 e. The SMILES string of the molecule is CCNC(CC)c1ccc(-n2nc(CC)cc2CC)cc1. The molecule has 0 aliphatic rings. The Bertz CT molecular complexity index is 554. The lowest BCUT2D eigenvalue weighted by Gasteiger charge is -2.16. The van der Waals surface area contributed by atoms with Gasteiger partial charge in [-0.2, -0.15) is 5.10 Å². The van der Waals surface area contributed by atoms with Gasteiger partial charge in [-0.25, -0.2) is 4.68 Å². The van der Waals surface area contributed by atoms with E-state index in [1.165, 1.54) is 11.3 Å². The molecule has 0 saturated carbocycles. The highest BCUT2D eigenvalue weighted by molar-refractivity contribution is 5.37. The molecule has 21 heavy (non-hydrogen) atoms. The van der Waals surface area contributed by atoms with Gasteiger partial charge in [0, 0.05) is 11.7 Å². The number of benzene rings is 1. The van der Waals surface area contributed by atoms with E-state index < -0.39 is 0 Å². The second kappa shape index (κ2) is 7.41. The second-order valence-electron chi connectivity index (χ2n) is 5.36. The lowest BCUT2D eigenvalue weighted by Crippen LogP contribution is -2.20. The zero-order chi connectivity index (χ0) is 15.2. The van der Waals surface area contributed by atoms with Crippen molar-refractivity contribution in [1.82, 2.24) is 15.1 Å². The Morgan fingerprint density at radius 3 is 2.29 bits per heavy atom. The van der Waals surface area contributed by atoms with Crippen LogP contribution in [0, 0.1) is 0 Å². The number of nitrogens with one attached hydrogen (secondary N) is 1. The van der Waals surface area contributed by atoms with Crippen LogP contribution in [-0.4, -0.2) is 16.3 Å². The van der Waals surface area contributed by atoms with Crippen molar-refractivity contribution in [3.63, 3.8) is 0 Å². The summed E-state index contributed by atoms with van der Waals surface area (Å²) in [7, 11) is 0. The number of hydrogen-bond donors (Lipinski definition) is 1. The molecule has 1 unspecified atom stereocenters. The summed E-state index contributed by atoms with van der Waals surface area (Å²) in [5.41, 5.74) is 4.94. The van der Waals surface area contributed by atoms with Crippen molar-refractivity contribution in [2.24, 2.45) is 0 Å². The van der Waals surface area contributed by atoms with E-state index in [0.29, 0.717) is 6.04 Å². The molecule has 2 rings (SSSR count). The van der Waals surface area contributed by atoms with Gasteiger partial charge in [-0.05, 0) is 49.6 Å². The van der Waals surface area contributed by atoms with Crippen LogP contribution in [0.4, 0.5) is 0 Å². The van der Waals surface area contributed by atoms with E-state index in [2.05, 4.69) is 68.0 Å². The molecule has 0 bridgehead atoms. The summed E-state index contributed by atoms with van der Waals surface area (Å²) in [5.74, 6) is 0. The summed E-state index contributed by atoms with van der Waals surface area (Å²) >= 11 is 0. The fraction of sp³-hybridized carbons (Fsp3) is 0.500. The third-order valence-electron chi connectivity index (χ3n) is 3.96. The van der Waals surface area contributed by atoms with Crippen molar-refractivity contribution in [2.45, 2.75) is 53.0 Å². The molecule has 0 spiro atoms. The average Bonchev–Trinajstić information content (AvgIpc) is 2.96. The van der Waals surface area contributed by atoms with Gasteiger partial charge in [0.15, 0.2) is 0 Å². The van der Waals surface area contributed by atoms with Gasteiger partial charge < -0.3 is 5.32 Å². The van der Waals surface area contributed by atoms with Gasteiger partial charge in [0.2, 0.25) is 0 Å². The summed E-state index contributed by atoms with van der Waals surface area (Å²) < 4.78 is 2.08. The Morgan fingerprint density at radius 1 is 1.05 bits per heavy atom. The minimum atomic E-state index is 0.443. The molecule has 3 nitrogen and oxygen atoms in total. The summed E-state index contributed by atoms with van der Waals surface area (Å²) in [6.07, 6.45) is 3.09. The summed E-state index contributed by atoms with van der Waals surface area (Å²) in [6, 6.07) is 11.5. The first-order chi connectivity index (χ1) is 10.2. The summed E-state index contributed by atoms with van der Waals surface area (Å²) in [5, 5.41) is 8.22. The largest absolute Gasteiger partial charge is 0.310 e. The molecule has 0 fully saturated rings. The molecule has 0 saturated heterocycles. The molecular weight excluding hydrogens is 258 g/mol. The molecule has 2 aromatic rings. The van der Waals surface area contributed by atoms with E-state index in [1.54, 1.807) is 0 Å². The number of nitrogens with zero attached hydrogens (tertiary/aromatic N) is 2. The fourth-order valence-corrected chi connectivity index (χ4v) is 2.72. The Kier molecular flexibility index (Phi) is 5.57. The second-order valence-corrected chi connectivity index (χ2v) is 5.36. The average molecular weight is 285 g/mol. The summed E-state index contributed by atoms with van der Waals surface area (Å²) in [6.45, 7) is 9.70. The molecular formula is C18H27N3. The molecule has 0 amide bonds. The van der Waals surface area contributed by atoms with Crippen LogP contribution in [0.5, 0.6) is 0 Å². The monoisotopic (exact) mass is 285 g/mol. The first kappa shape index (κ1) is 15.8. The molecule has 3 heteroatoms. The van der Waals surface area contributed by atoms with Crippen LogP contribution in [0.1, 0.15) is 57.1 Å². The van der Waals surface area contributed by atoms with Crippen LogP contribution < -0.4 is 5.32 Å². The fourth-order valence-electron chi connectivity index (χ4n) is 2.72. The molecule has 1 heterocycles. The van der Waals surface area contributed by atoms with Crippen LogP contribution >= 0.6 is 0 Å². The Balaban J connectivity index is 2.28. The van der Waals surface area contributed by atoms with E-state index in [9.17, 15) is 0 Å². The third kappa shape index (κ3) is 3.53. The first-order valence-electron chi connectivity index (χ1n) is 8.14. The van der Waals surface area contributed by atoms with Crippen molar-refractivity contribution in [3.8, 4) is 5.69 Å². The highest BCUT2D eigenvalue weighted by Gasteiger charge is 2.10. The number of hydrogen-bond acceptors (Lipinski definition) is 2. The van der Waals surface area contributed by atoms with Gasteiger partial charge in [0.1, 0.15) is 0 Å². The van der Waals surface area contributed by atoms with Crippen molar-refractivity contribution in [2.75, 3.05) is 6.54 Å². The van der Waals surface area contributed by atoms with E-state index in [-0.39, 0.29) is 0 Å². The highest BCUT2D eigenvalue weighted by Crippen LogP contribution is 2.20. The molecule has 0 aliphatic carbocycles. The molecule has 1 aromatic heterocycles. The van der Waals surface area contributed by atoms with Crippen LogP contribution in [0.2, 0.25) is 0 Å². The maximum absolute atomic E-state index is 4.70. The molecule has 1 atom stereocenters. The minimum Gasteiger partial charge on any atom is -0.310 e. The zero-order valence-corrected chi connectivity index (χ0v) is 13.7. The number of aryl methyl sites for hydroxylation is 2. The van der Waals surface area contributed by atoms with E-state index in [4.69, 9.17) is 5.10 Å². The zero-order valence-electron chi connectivity index (χ0n) is 13.7. The standard InChI is InChI=1S/C18H27N3/c1-5-15-13-16(6-2)21(20-15)17-11-9-14(10-12-17)18(7-3)19-8-4/h9-13,18-19H,5-8H2,1-4H3. The molecule has 0 radical (unpaired) electrons. The van der Waals surface area contributed by atoms with E-state index in [1.807, 2.05) is 0 Å². The first-order valence-corrected chi connectivity index (χ1v) is 8.14. The van der Waals surface area contributed by atoms with E-state index in [0.717, 1.165) is 37.2 Å². The van der Waals surface area contributed by atoms with Gasteiger partial charge in [-0.15, -0.1) is 0 Å². The topological polar surface area (TPSA) is 29.9 Å². The normalized spacial score (nSPS) is 12.6. The molecule has 114 valence electrons. The van der Waals surface area contributed by atoms with Crippen molar-refractivity contribution < 1.29 is 0 Å². The number of aromatic nitrogens is 2. The van der Waals surface area contributed by atoms with Gasteiger partial charge in [-0.3, -0.25) is 0 Å².